The minimum atomic E-state index is 0.674. The second-order valence-electron chi connectivity index (χ2n) is 5.03. The number of rotatable bonds is 6. The van der Waals surface area contributed by atoms with Gasteiger partial charge < -0.3 is 4.90 Å². The van der Waals surface area contributed by atoms with E-state index in [1.807, 2.05) is 23.6 Å². The molecule has 0 bridgehead atoms. The van der Waals surface area contributed by atoms with Gasteiger partial charge in [-0.25, -0.2) is 4.98 Å². The summed E-state index contributed by atoms with van der Waals surface area (Å²) in [7, 11) is 0. The first-order valence-corrected chi connectivity index (χ1v) is 8.43. The molecule has 0 spiro atoms. The smallest absolute Gasteiger partial charge is 0.229 e. The summed E-state index contributed by atoms with van der Waals surface area (Å²) < 4.78 is 0. The van der Waals surface area contributed by atoms with Crippen LogP contribution in [0.5, 0.6) is 0 Å². The Morgan fingerprint density at radius 1 is 1.00 bits per heavy atom. The molecule has 116 valence electrons. The fourth-order valence-electron chi connectivity index (χ4n) is 2.29. The summed E-state index contributed by atoms with van der Waals surface area (Å²) in [5, 5.41) is 10.9. The first kappa shape index (κ1) is 15.4. The number of anilines is 1. The van der Waals surface area contributed by atoms with Crippen molar-refractivity contribution in [3.05, 3.63) is 71.7 Å². The van der Waals surface area contributed by atoms with Gasteiger partial charge in [-0.3, -0.25) is 0 Å². The van der Waals surface area contributed by atoms with Crippen molar-refractivity contribution in [2.45, 2.75) is 13.5 Å². The average Bonchev–Trinajstić information content (AvgIpc) is 3.13. The molecule has 0 unspecified atom stereocenters. The van der Waals surface area contributed by atoms with E-state index in [1.54, 1.807) is 6.20 Å². The van der Waals surface area contributed by atoms with Gasteiger partial charge in [0.1, 0.15) is 0 Å². The van der Waals surface area contributed by atoms with E-state index in [2.05, 4.69) is 63.4 Å². The predicted octanol–water partition coefficient (Wildman–Crippen LogP) is 5.59. The topological polar surface area (TPSA) is 40.9 Å². The Morgan fingerprint density at radius 3 is 2.43 bits per heavy atom. The lowest BCUT2D eigenvalue weighted by Gasteiger charge is -2.23. The molecule has 3 aromatic rings. The molecule has 0 atom stereocenters. The van der Waals surface area contributed by atoms with Crippen molar-refractivity contribution in [1.29, 1.82) is 0 Å². The van der Waals surface area contributed by atoms with Gasteiger partial charge in [-0.05, 0) is 36.8 Å². The highest BCUT2D eigenvalue weighted by Crippen LogP contribution is 2.24. The minimum Gasteiger partial charge on any atom is -0.367 e. The maximum Gasteiger partial charge on any atom is 0.229 e. The van der Waals surface area contributed by atoms with Crippen LogP contribution < -0.4 is 4.90 Å². The van der Waals surface area contributed by atoms with Crippen LogP contribution in [-0.4, -0.2) is 11.5 Å². The van der Waals surface area contributed by atoms with E-state index in [1.165, 1.54) is 22.6 Å². The largest absolute Gasteiger partial charge is 0.367 e. The second-order valence-corrected chi connectivity index (χ2v) is 5.90. The second kappa shape index (κ2) is 7.65. The van der Waals surface area contributed by atoms with E-state index in [0.717, 1.165) is 18.8 Å². The molecule has 5 heteroatoms. The first-order chi connectivity index (χ1) is 11.3. The maximum absolute atomic E-state index is 4.21. The van der Waals surface area contributed by atoms with Crippen LogP contribution in [0.1, 0.15) is 12.5 Å². The van der Waals surface area contributed by atoms with Crippen LogP contribution in [0.4, 0.5) is 16.5 Å². The van der Waals surface area contributed by atoms with Crippen LogP contribution in [0.3, 0.4) is 0 Å². The number of nitrogens with zero attached hydrogens (tertiary/aromatic N) is 4. The number of hydrogen-bond acceptors (Lipinski definition) is 5. The normalized spacial score (nSPS) is 11.0. The summed E-state index contributed by atoms with van der Waals surface area (Å²) in [6.45, 7) is 4.02. The third-order valence-electron chi connectivity index (χ3n) is 3.48. The lowest BCUT2D eigenvalue weighted by atomic mass is 10.2. The first-order valence-electron chi connectivity index (χ1n) is 7.55. The third-order valence-corrected chi connectivity index (χ3v) is 4.14. The molecule has 3 rings (SSSR count). The molecule has 23 heavy (non-hydrogen) atoms. The molecule has 0 fully saturated rings. The van der Waals surface area contributed by atoms with Gasteiger partial charge in [0, 0.05) is 30.4 Å². The zero-order chi connectivity index (χ0) is 15.9. The van der Waals surface area contributed by atoms with Gasteiger partial charge in [0.15, 0.2) is 0 Å². The third kappa shape index (κ3) is 4.23. The fraction of sp³-hybridized carbons (Fsp3) is 0.167. The molecular weight excluding hydrogens is 304 g/mol. The van der Waals surface area contributed by atoms with Crippen molar-refractivity contribution in [2.24, 2.45) is 10.2 Å². The fourth-order valence-corrected chi connectivity index (χ4v) is 2.74. The molecule has 2 aromatic carbocycles. The van der Waals surface area contributed by atoms with Crippen LogP contribution in [0.2, 0.25) is 0 Å². The SMILES string of the molecule is CCN(Cc1ccccc1)c1ccc(N=Nc2nccs2)cc1. The molecule has 0 saturated carbocycles. The van der Waals surface area contributed by atoms with E-state index in [0.29, 0.717) is 5.13 Å². The van der Waals surface area contributed by atoms with Gasteiger partial charge >= 0.3 is 0 Å². The number of thiazole rings is 1. The van der Waals surface area contributed by atoms with Gasteiger partial charge in [0.05, 0.1) is 5.69 Å². The zero-order valence-corrected chi connectivity index (χ0v) is 13.8. The number of azo groups is 1. The molecule has 1 aromatic heterocycles. The summed E-state index contributed by atoms with van der Waals surface area (Å²) in [6, 6.07) is 18.6. The van der Waals surface area contributed by atoms with E-state index >= 15 is 0 Å². The van der Waals surface area contributed by atoms with Gasteiger partial charge in [-0.1, -0.05) is 30.3 Å². The highest BCUT2D eigenvalue weighted by atomic mass is 32.1. The van der Waals surface area contributed by atoms with E-state index in [4.69, 9.17) is 0 Å². The Balaban J connectivity index is 1.70. The molecular formula is C18H18N4S. The Bertz CT molecular complexity index is 736. The summed E-state index contributed by atoms with van der Waals surface area (Å²) >= 11 is 1.48. The van der Waals surface area contributed by atoms with Crippen LogP contribution in [-0.2, 0) is 6.54 Å². The van der Waals surface area contributed by atoms with Crippen molar-refractivity contribution in [3.63, 3.8) is 0 Å². The van der Waals surface area contributed by atoms with Gasteiger partial charge in [-0.2, -0.15) is 0 Å². The maximum atomic E-state index is 4.21. The zero-order valence-electron chi connectivity index (χ0n) is 13.0. The van der Waals surface area contributed by atoms with Crippen molar-refractivity contribution < 1.29 is 0 Å². The van der Waals surface area contributed by atoms with Crippen LogP contribution >= 0.6 is 11.3 Å². The molecule has 4 nitrogen and oxygen atoms in total. The van der Waals surface area contributed by atoms with Crippen LogP contribution in [0.15, 0.2) is 76.4 Å². The van der Waals surface area contributed by atoms with Crippen LogP contribution in [0.25, 0.3) is 0 Å². The molecule has 0 N–H and O–H groups in total. The monoisotopic (exact) mass is 322 g/mol. The quantitative estimate of drug-likeness (QED) is 0.555. The lowest BCUT2D eigenvalue weighted by molar-refractivity contribution is 0.832. The highest BCUT2D eigenvalue weighted by molar-refractivity contribution is 7.13. The van der Waals surface area contributed by atoms with E-state index in [-0.39, 0.29) is 0 Å². The summed E-state index contributed by atoms with van der Waals surface area (Å²) in [6.07, 6.45) is 1.73. The standard InChI is InChI=1S/C18H18N4S/c1-2-22(14-15-6-4-3-5-7-15)17-10-8-16(9-11-17)20-21-18-19-12-13-23-18/h3-13H,2,14H2,1H3. The number of benzene rings is 2. The highest BCUT2D eigenvalue weighted by Gasteiger charge is 2.05. The Labute approximate surface area is 140 Å². The molecule has 0 aliphatic rings. The summed E-state index contributed by atoms with van der Waals surface area (Å²) in [5.41, 5.74) is 3.33. The Kier molecular flexibility index (Phi) is 5.11. The van der Waals surface area contributed by atoms with E-state index in [9.17, 15) is 0 Å². The number of hydrogen-bond donors (Lipinski definition) is 0. The van der Waals surface area contributed by atoms with Crippen molar-refractivity contribution in [2.75, 3.05) is 11.4 Å². The molecule has 1 heterocycles. The Morgan fingerprint density at radius 2 is 1.78 bits per heavy atom. The molecule has 0 aliphatic heterocycles. The van der Waals surface area contributed by atoms with Crippen molar-refractivity contribution in [1.82, 2.24) is 4.98 Å². The minimum absolute atomic E-state index is 0.674. The predicted molar refractivity (Wildman–Crippen MR) is 95.9 cm³/mol. The molecule has 0 saturated heterocycles. The van der Waals surface area contributed by atoms with Crippen LogP contribution in [0, 0.1) is 0 Å². The Hall–Kier alpha value is -2.53. The van der Waals surface area contributed by atoms with Gasteiger partial charge in [-0.15, -0.1) is 21.6 Å². The summed E-state index contributed by atoms with van der Waals surface area (Å²) in [4.78, 5) is 6.42. The lowest BCUT2D eigenvalue weighted by Crippen LogP contribution is -2.21. The number of aromatic nitrogens is 1. The van der Waals surface area contributed by atoms with E-state index < -0.39 is 0 Å². The molecule has 0 aliphatic carbocycles. The average molecular weight is 322 g/mol. The van der Waals surface area contributed by atoms with Crippen molar-refractivity contribution in [3.8, 4) is 0 Å². The molecule has 0 radical (unpaired) electrons. The van der Waals surface area contributed by atoms with Crippen molar-refractivity contribution >= 4 is 27.8 Å². The van der Waals surface area contributed by atoms with Gasteiger partial charge in [0.25, 0.3) is 0 Å². The summed E-state index contributed by atoms with van der Waals surface area (Å²) in [5.74, 6) is 0. The molecule has 0 amide bonds. The van der Waals surface area contributed by atoms with Gasteiger partial charge in [0.2, 0.25) is 5.13 Å².